The van der Waals surface area contributed by atoms with Crippen molar-refractivity contribution in [2.75, 3.05) is 6.26 Å². The van der Waals surface area contributed by atoms with Crippen molar-refractivity contribution in [1.82, 2.24) is 4.31 Å². The smallest absolute Gasteiger partial charge is 0.212 e. The zero-order valence-electron chi connectivity index (χ0n) is 11.6. The predicted molar refractivity (Wildman–Crippen MR) is 80.7 cm³/mol. The molecule has 1 aliphatic heterocycles. The Bertz CT molecular complexity index is 753. The summed E-state index contributed by atoms with van der Waals surface area (Å²) in [6.07, 6.45) is 1.28. The lowest BCUT2D eigenvalue weighted by Crippen LogP contribution is -2.31. The molecule has 0 radical (unpaired) electrons. The van der Waals surface area contributed by atoms with Gasteiger partial charge in [0.05, 0.1) is 6.26 Å². The van der Waals surface area contributed by atoms with Gasteiger partial charge in [0.2, 0.25) is 10.0 Å². The summed E-state index contributed by atoms with van der Waals surface area (Å²) in [5.74, 6) is 0. The van der Waals surface area contributed by atoms with Crippen LogP contribution in [0.4, 0.5) is 0 Å². The largest absolute Gasteiger partial charge is 0.212 e. The van der Waals surface area contributed by atoms with Gasteiger partial charge in [-0.15, -0.1) is 0 Å². The monoisotopic (exact) mass is 287 g/mol. The summed E-state index contributed by atoms with van der Waals surface area (Å²) in [5.41, 5.74) is 4.36. The van der Waals surface area contributed by atoms with Crippen LogP contribution < -0.4 is 0 Å². The number of rotatable bonds is 1. The van der Waals surface area contributed by atoms with Gasteiger partial charge in [-0.1, -0.05) is 48.5 Å². The maximum Gasteiger partial charge on any atom is 0.212 e. The first-order valence-corrected chi connectivity index (χ1v) is 8.47. The van der Waals surface area contributed by atoms with E-state index >= 15 is 0 Å². The van der Waals surface area contributed by atoms with Crippen LogP contribution in [0.15, 0.2) is 48.5 Å². The molecule has 3 nitrogen and oxygen atoms in total. The number of hydrogen-bond donors (Lipinski definition) is 0. The van der Waals surface area contributed by atoms with Crippen LogP contribution in [0.5, 0.6) is 0 Å². The van der Waals surface area contributed by atoms with Gasteiger partial charge in [0.15, 0.2) is 0 Å². The quantitative estimate of drug-likeness (QED) is 0.808. The molecule has 0 N–H and O–H groups in total. The summed E-state index contributed by atoms with van der Waals surface area (Å²) in [6.45, 7) is 2.37. The highest BCUT2D eigenvalue weighted by Crippen LogP contribution is 2.38. The minimum Gasteiger partial charge on any atom is -0.212 e. The van der Waals surface area contributed by atoms with Crippen LogP contribution in [0, 0.1) is 0 Å². The summed E-state index contributed by atoms with van der Waals surface area (Å²) < 4.78 is 25.8. The first kappa shape index (κ1) is 13.3. The van der Waals surface area contributed by atoms with Gasteiger partial charge >= 0.3 is 0 Å². The van der Waals surface area contributed by atoms with Crippen LogP contribution in [0.3, 0.4) is 0 Å². The molecule has 0 aliphatic carbocycles. The van der Waals surface area contributed by atoms with E-state index in [4.69, 9.17) is 0 Å². The highest BCUT2D eigenvalue weighted by molar-refractivity contribution is 7.88. The minimum absolute atomic E-state index is 0.159. The van der Waals surface area contributed by atoms with E-state index in [0.29, 0.717) is 6.54 Å². The first-order chi connectivity index (χ1) is 9.48. The maximum absolute atomic E-state index is 12.1. The molecule has 0 fully saturated rings. The maximum atomic E-state index is 12.1. The molecular formula is C16H17NO2S. The van der Waals surface area contributed by atoms with Crippen LogP contribution in [-0.2, 0) is 16.6 Å². The number of hydrogen-bond acceptors (Lipinski definition) is 2. The van der Waals surface area contributed by atoms with Gasteiger partial charge in [-0.05, 0) is 29.2 Å². The Balaban J connectivity index is 2.30. The zero-order chi connectivity index (χ0) is 14.3. The third-order valence-corrected chi connectivity index (χ3v) is 5.20. The fraction of sp³-hybridized carbons (Fsp3) is 0.250. The molecule has 2 aromatic rings. The SMILES string of the molecule is CC1c2ccccc2-c2ccccc2CN1S(C)(=O)=O. The van der Waals surface area contributed by atoms with Crippen molar-refractivity contribution in [1.29, 1.82) is 0 Å². The molecule has 0 amide bonds. The van der Waals surface area contributed by atoms with Crippen LogP contribution in [0.2, 0.25) is 0 Å². The Kier molecular flexibility index (Phi) is 3.15. The standard InChI is InChI=1S/C16H17NO2S/c1-12-14-8-5-6-10-16(14)15-9-4-3-7-13(15)11-17(12)20(2,18)19/h3-10,12H,11H2,1-2H3. The van der Waals surface area contributed by atoms with Gasteiger partial charge in [0.25, 0.3) is 0 Å². The summed E-state index contributed by atoms with van der Waals surface area (Å²) in [7, 11) is -3.25. The normalized spacial score (nSPS) is 19.0. The van der Waals surface area contributed by atoms with Gasteiger partial charge in [0, 0.05) is 12.6 Å². The molecule has 3 rings (SSSR count). The van der Waals surface area contributed by atoms with Gasteiger partial charge in [0.1, 0.15) is 0 Å². The van der Waals surface area contributed by atoms with Crippen LogP contribution in [0.25, 0.3) is 11.1 Å². The van der Waals surface area contributed by atoms with E-state index < -0.39 is 10.0 Å². The lowest BCUT2D eigenvalue weighted by Gasteiger charge is -2.25. The molecule has 104 valence electrons. The first-order valence-electron chi connectivity index (χ1n) is 6.62. The van der Waals surface area contributed by atoms with E-state index in [0.717, 1.165) is 22.3 Å². The van der Waals surface area contributed by atoms with E-state index in [9.17, 15) is 8.42 Å². The van der Waals surface area contributed by atoms with Crippen molar-refractivity contribution >= 4 is 10.0 Å². The van der Waals surface area contributed by atoms with Gasteiger partial charge in [-0.25, -0.2) is 8.42 Å². The second kappa shape index (κ2) is 4.72. The van der Waals surface area contributed by atoms with Crippen LogP contribution in [0.1, 0.15) is 24.1 Å². The average Bonchev–Trinajstić information content (AvgIpc) is 2.55. The zero-order valence-corrected chi connectivity index (χ0v) is 12.4. The molecule has 1 aliphatic rings. The lowest BCUT2D eigenvalue weighted by molar-refractivity contribution is 0.343. The third-order valence-electron chi connectivity index (χ3n) is 3.90. The number of sulfonamides is 1. The third kappa shape index (κ3) is 2.15. The fourth-order valence-electron chi connectivity index (χ4n) is 2.89. The van der Waals surface area contributed by atoms with Crippen molar-refractivity contribution in [3.05, 3.63) is 59.7 Å². The number of benzene rings is 2. The second-order valence-electron chi connectivity index (χ2n) is 5.23. The Morgan fingerprint density at radius 1 is 1.00 bits per heavy atom. The topological polar surface area (TPSA) is 37.4 Å². The van der Waals surface area contributed by atoms with E-state index in [1.165, 1.54) is 6.26 Å². The molecule has 2 aromatic carbocycles. The fourth-order valence-corrected chi connectivity index (χ4v) is 3.95. The molecule has 0 bridgehead atoms. The summed E-state index contributed by atoms with van der Waals surface area (Å²) >= 11 is 0. The summed E-state index contributed by atoms with van der Waals surface area (Å²) in [6, 6.07) is 15.9. The van der Waals surface area contributed by atoms with Crippen molar-refractivity contribution in [2.45, 2.75) is 19.5 Å². The van der Waals surface area contributed by atoms with Crippen molar-refractivity contribution in [3.63, 3.8) is 0 Å². The van der Waals surface area contributed by atoms with Crippen LogP contribution >= 0.6 is 0 Å². The minimum atomic E-state index is -3.25. The molecule has 1 unspecified atom stereocenters. The molecule has 0 aromatic heterocycles. The number of fused-ring (bicyclic) bond motifs is 3. The Morgan fingerprint density at radius 2 is 1.60 bits per heavy atom. The second-order valence-corrected chi connectivity index (χ2v) is 7.16. The molecular weight excluding hydrogens is 270 g/mol. The number of nitrogens with zero attached hydrogens (tertiary/aromatic N) is 1. The Labute approximate surface area is 119 Å². The van der Waals surface area contributed by atoms with E-state index in [2.05, 4.69) is 12.1 Å². The molecule has 0 saturated carbocycles. The average molecular weight is 287 g/mol. The molecule has 1 atom stereocenters. The van der Waals surface area contributed by atoms with E-state index in [1.807, 2.05) is 43.3 Å². The van der Waals surface area contributed by atoms with Gasteiger partial charge in [-0.2, -0.15) is 4.31 Å². The Morgan fingerprint density at radius 3 is 2.30 bits per heavy atom. The highest BCUT2D eigenvalue weighted by atomic mass is 32.2. The highest BCUT2D eigenvalue weighted by Gasteiger charge is 2.30. The molecule has 1 heterocycles. The van der Waals surface area contributed by atoms with Crippen LogP contribution in [-0.4, -0.2) is 19.0 Å². The van der Waals surface area contributed by atoms with E-state index in [1.54, 1.807) is 4.31 Å². The van der Waals surface area contributed by atoms with Crippen molar-refractivity contribution in [2.24, 2.45) is 0 Å². The molecule has 20 heavy (non-hydrogen) atoms. The molecule has 0 saturated heterocycles. The van der Waals surface area contributed by atoms with Crippen molar-refractivity contribution < 1.29 is 8.42 Å². The molecule has 0 spiro atoms. The van der Waals surface area contributed by atoms with Gasteiger partial charge < -0.3 is 0 Å². The summed E-state index contributed by atoms with van der Waals surface area (Å²) in [5, 5.41) is 0. The summed E-state index contributed by atoms with van der Waals surface area (Å²) in [4.78, 5) is 0. The lowest BCUT2D eigenvalue weighted by atomic mass is 9.95. The molecule has 4 heteroatoms. The van der Waals surface area contributed by atoms with Gasteiger partial charge in [-0.3, -0.25) is 0 Å². The predicted octanol–water partition coefficient (Wildman–Crippen LogP) is 3.19. The van der Waals surface area contributed by atoms with E-state index in [-0.39, 0.29) is 6.04 Å². The van der Waals surface area contributed by atoms with Crippen molar-refractivity contribution in [3.8, 4) is 11.1 Å². The Hall–Kier alpha value is -1.65.